The van der Waals surface area contributed by atoms with Crippen molar-refractivity contribution in [3.63, 3.8) is 0 Å². The summed E-state index contributed by atoms with van der Waals surface area (Å²) in [6, 6.07) is 4.30. The molecule has 4 unspecified atom stereocenters. The first-order chi connectivity index (χ1) is 14.5. The van der Waals surface area contributed by atoms with Crippen molar-refractivity contribution in [1.82, 2.24) is 10.2 Å². The van der Waals surface area contributed by atoms with Crippen LogP contribution in [0.25, 0.3) is 0 Å². The van der Waals surface area contributed by atoms with Crippen molar-refractivity contribution in [3.05, 3.63) is 29.3 Å². The molecule has 1 aromatic carbocycles. The fourth-order valence-electron chi connectivity index (χ4n) is 5.87. The average Bonchev–Trinajstić information content (AvgIpc) is 2.69. The number of aliphatic hydroxyl groups is 1. The maximum absolute atomic E-state index is 12.7. The molecule has 0 aromatic heterocycles. The fraction of sp³-hybridized carbons (Fsp3) is 0.667. The first-order valence-corrected chi connectivity index (χ1v) is 11.4. The zero-order chi connectivity index (χ0) is 23.0. The Morgan fingerprint density at radius 1 is 1.32 bits per heavy atom. The van der Waals surface area contributed by atoms with E-state index in [4.69, 9.17) is 5.73 Å². The number of aromatic hydroxyl groups is 1. The van der Waals surface area contributed by atoms with Crippen LogP contribution in [0.5, 0.6) is 5.75 Å². The smallest absolute Gasteiger partial charge is 0.318 e. The van der Waals surface area contributed by atoms with Gasteiger partial charge in [0, 0.05) is 17.4 Å². The van der Waals surface area contributed by atoms with Gasteiger partial charge in [0.1, 0.15) is 5.75 Å². The zero-order valence-electron chi connectivity index (χ0n) is 19.1. The zero-order valence-corrected chi connectivity index (χ0v) is 19.1. The summed E-state index contributed by atoms with van der Waals surface area (Å²) in [7, 11) is 0. The number of nitrogens with zero attached hydrogens (tertiary/aromatic N) is 1. The van der Waals surface area contributed by atoms with Gasteiger partial charge in [0.15, 0.2) is 0 Å². The van der Waals surface area contributed by atoms with Crippen molar-refractivity contribution in [2.45, 2.75) is 76.9 Å². The monoisotopic (exact) mass is 431 g/mol. The number of amides is 3. The molecule has 172 valence electrons. The van der Waals surface area contributed by atoms with Crippen LogP contribution in [-0.2, 0) is 10.2 Å². The number of phenols is 1. The Morgan fingerprint density at radius 2 is 2.03 bits per heavy atom. The number of carbonyl (C=O) groups is 2. The lowest BCUT2D eigenvalue weighted by molar-refractivity contribution is -0.167. The number of benzene rings is 1. The van der Waals surface area contributed by atoms with E-state index in [2.05, 4.69) is 31.0 Å². The summed E-state index contributed by atoms with van der Waals surface area (Å²) in [6.45, 7) is 10.2. The second-order valence-electron chi connectivity index (χ2n) is 9.94. The Labute approximate surface area is 185 Å². The van der Waals surface area contributed by atoms with Gasteiger partial charge >= 0.3 is 6.03 Å². The van der Waals surface area contributed by atoms with Crippen LogP contribution in [0.1, 0.15) is 64.0 Å². The molecule has 2 aliphatic rings. The Bertz CT molecular complexity index is 842. The molecule has 5 N–H and O–H groups in total. The third-order valence-electron chi connectivity index (χ3n) is 7.71. The van der Waals surface area contributed by atoms with Gasteiger partial charge in [0.2, 0.25) is 5.91 Å². The number of imide groups is 1. The SMILES string of the molecule is Cc1ccc(O)cc1C12CCN(CCC(C)C)C(C)C1(O)CCC(C(=O)NC(N)=O)C2. The second kappa shape index (κ2) is 8.79. The van der Waals surface area contributed by atoms with Crippen molar-refractivity contribution in [1.29, 1.82) is 0 Å². The molecule has 7 nitrogen and oxygen atoms in total. The van der Waals surface area contributed by atoms with Gasteiger partial charge in [-0.25, -0.2) is 4.79 Å². The van der Waals surface area contributed by atoms with Crippen LogP contribution in [0.3, 0.4) is 0 Å². The van der Waals surface area contributed by atoms with E-state index in [1.165, 1.54) is 0 Å². The molecule has 0 bridgehead atoms. The number of urea groups is 1. The van der Waals surface area contributed by atoms with Gasteiger partial charge in [0.05, 0.1) is 5.60 Å². The Balaban J connectivity index is 2.03. The molecule has 0 radical (unpaired) electrons. The third-order valence-corrected chi connectivity index (χ3v) is 7.71. The number of fused-ring (bicyclic) bond motifs is 1. The standard InChI is InChI=1S/C24H37N3O4/c1-15(2)8-11-27-12-10-23(20-13-19(28)6-5-16(20)3)14-18(21(29)26-22(25)30)7-9-24(23,31)17(27)4/h5-6,13,15,17-18,28,31H,7-12,14H2,1-4H3,(H3,25,26,29,30). The van der Waals surface area contributed by atoms with Gasteiger partial charge in [-0.1, -0.05) is 19.9 Å². The predicted molar refractivity (Wildman–Crippen MR) is 120 cm³/mol. The van der Waals surface area contributed by atoms with Crippen LogP contribution in [-0.4, -0.2) is 51.8 Å². The van der Waals surface area contributed by atoms with Crippen LogP contribution in [0, 0.1) is 18.8 Å². The normalized spacial score (nSPS) is 31.3. The number of piperidine rings is 1. The highest BCUT2D eigenvalue weighted by Gasteiger charge is 2.61. The molecular weight excluding hydrogens is 394 g/mol. The Kier molecular flexibility index (Phi) is 6.67. The van der Waals surface area contributed by atoms with Crippen molar-refractivity contribution in [2.75, 3.05) is 13.1 Å². The number of aryl methyl sites for hydroxylation is 1. The maximum Gasteiger partial charge on any atom is 0.318 e. The molecule has 1 saturated carbocycles. The molecule has 3 rings (SSSR count). The quantitative estimate of drug-likeness (QED) is 0.572. The van der Waals surface area contributed by atoms with E-state index in [9.17, 15) is 19.8 Å². The van der Waals surface area contributed by atoms with E-state index < -0.39 is 23.0 Å². The molecule has 4 atom stereocenters. The Hall–Kier alpha value is -2.12. The predicted octanol–water partition coefficient (Wildman–Crippen LogP) is 2.80. The number of phenolic OH excluding ortho intramolecular Hbond substituents is 1. The highest BCUT2D eigenvalue weighted by atomic mass is 16.3. The van der Waals surface area contributed by atoms with E-state index in [0.717, 1.165) is 30.6 Å². The van der Waals surface area contributed by atoms with E-state index in [0.29, 0.717) is 31.6 Å². The molecule has 1 aliphatic heterocycles. The number of likely N-dealkylation sites (tertiary alicyclic amines) is 1. The van der Waals surface area contributed by atoms with Crippen LogP contribution in [0.2, 0.25) is 0 Å². The molecule has 1 saturated heterocycles. The van der Waals surface area contributed by atoms with Gasteiger partial charge in [-0.3, -0.25) is 15.0 Å². The summed E-state index contributed by atoms with van der Waals surface area (Å²) in [4.78, 5) is 26.3. The van der Waals surface area contributed by atoms with Crippen LogP contribution < -0.4 is 11.1 Å². The molecule has 0 spiro atoms. The summed E-state index contributed by atoms with van der Waals surface area (Å²) < 4.78 is 0. The number of hydrogen-bond donors (Lipinski definition) is 4. The molecule has 3 amide bonds. The first kappa shape index (κ1) is 23.5. The van der Waals surface area contributed by atoms with Gasteiger partial charge in [-0.2, -0.15) is 0 Å². The molecule has 1 aliphatic carbocycles. The van der Waals surface area contributed by atoms with Crippen LogP contribution in [0.4, 0.5) is 4.79 Å². The number of primary amides is 1. The summed E-state index contributed by atoms with van der Waals surface area (Å²) >= 11 is 0. The molecule has 2 fully saturated rings. The number of rotatable bonds is 5. The van der Waals surface area contributed by atoms with Crippen molar-refractivity contribution in [2.24, 2.45) is 17.6 Å². The summed E-state index contributed by atoms with van der Waals surface area (Å²) in [5.41, 5.74) is 5.31. The van der Waals surface area contributed by atoms with Gasteiger partial charge in [-0.05, 0) is 88.2 Å². The van der Waals surface area contributed by atoms with Gasteiger partial charge < -0.3 is 15.9 Å². The largest absolute Gasteiger partial charge is 0.508 e. The molecule has 1 heterocycles. The van der Waals surface area contributed by atoms with Gasteiger partial charge in [0.25, 0.3) is 0 Å². The van der Waals surface area contributed by atoms with Crippen molar-refractivity contribution < 1.29 is 19.8 Å². The fourth-order valence-corrected chi connectivity index (χ4v) is 5.87. The van der Waals surface area contributed by atoms with E-state index in [-0.39, 0.29) is 17.7 Å². The molecule has 31 heavy (non-hydrogen) atoms. The summed E-state index contributed by atoms with van der Waals surface area (Å²) in [5.74, 6) is -0.0865. The molecule has 1 aromatic rings. The second-order valence-corrected chi connectivity index (χ2v) is 9.94. The summed E-state index contributed by atoms with van der Waals surface area (Å²) in [5, 5.41) is 24.7. The lowest BCUT2D eigenvalue weighted by Crippen LogP contribution is -2.70. The number of nitrogens with one attached hydrogen (secondary N) is 1. The van der Waals surface area contributed by atoms with Gasteiger partial charge in [-0.15, -0.1) is 0 Å². The minimum Gasteiger partial charge on any atom is -0.508 e. The number of nitrogens with two attached hydrogens (primary N) is 1. The average molecular weight is 432 g/mol. The molecular formula is C24H37N3O4. The topological polar surface area (TPSA) is 116 Å². The molecule has 7 heteroatoms. The number of hydrogen-bond acceptors (Lipinski definition) is 5. The van der Waals surface area contributed by atoms with Crippen molar-refractivity contribution in [3.8, 4) is 5.75 Å². The minimum absolute atomic E-state index is 0.0955. The first-order valence-electron chi connectivity index (χ1n) is 11.4. The van der Waals surface area contributed by atoms with Crippen molar-refractivity contribution >= 4 is 11.9 Å². The number of carbonyl (C=O) groups excluding carboxylic acids is 2. The minimum atomic E-state index is -1.05. The van der Waals surface area contributed by atoms with E-state index in [1.54, 1.807) is 12.1 Å². The lowest BCUT2D eigenvalue weighted by Gasteiger charge is -2.61. The van der Waals surface area contributed by atoms with E-state index in [1.807, 2.05) is 13.0 Å². The Morgan fingerprint density at radius 3 is 2.68 bits per heavy atom. The maximum atomic E-state index is 12.7. The highest BCUT2D eigenvalue weighted by Crippen LogP contribution is 2.56. The van der Waals surface area contributed by atoms with Crippen LogP contribution >= 0.6 is 0 Å². The highest BCUT2D eigenvalue weighted by molar-refractivity contribution is 5.94. The summed E-state index contributed by atoms with van der Waals surface area (Å²) in [6.07, 6.45) is 3.07. The lowest BCUT2D eigenvalue weighted by atomic mass is 9.51. The van der Waals surface area contributed by atoms with E-state index >= 15 is 0 Å². The third kappa shape index (κ3) is 4.30. The van der Waals surface area contributed by atoms with Crippen LogP contribution in [0.15, 0.2) is 18.2 Å².